The summed E-state index contributed by atoms with van der Waals surface area (Å²) in [5, 5.41) is 6.72. The quantitative estimate of drug-likeness (QED) is 0.617. The Balaban J connectivity index is 2.20. The van der Waals surface area contributed by atoms with Crippen molar-refractivity contribution >= 4 is 5.91 Å². The lowest BCUT2D eigenvalue weighted by Gasteiger charge is -2.43. The van der Waals surface area contributed by atoms with Crippen LogP contribution in [0.25, 0.3) is 0 Å². The topological polar surface area (TPSA) is 44.4 Å². The summed E-state index contributed by atoms with van der Waals surface area (Å²) in [5.41, 5.74) is -0.0451. The van der Waals surface area contributed by atoms with Crippen LogP contribution < -0.4 is 10.6 Å². The maximum Gasteiger partial charge on any atom is 0.238 e. The largest absolute Gasteiger partial charge is 0.321 e. The van der Waals surface area contributed by atoms with Crippen molar-refractivity contribution in [2.24, 2.45) is 0 Å². The Morgan fingerprint density at radius 2 is 2.00 bits per heavy atom. The summed E-state index contributed by atoms with van der Waals surface area (Å²) in [4.78, 5) is 13.8. The monoisotopic (exact) mass is 197 g/mol. The van der Waals surface area contributed by atoms with Crippen molar-refractivity contribution in [3.8, 4) is 0 Å². The van der Waals surface area contributed by atoms with E-state index in [1.807, 2.05) is 4.90 Å². The second-order valence-corrected chi connectivity index (χ2v) is 4.49. The second kappa shape index (κ2) is 3.51. The molecule has 4 heteroatoms. The van der Waals surface area contributed by atoms with Crippen molar-refractivity contribution in [3.63, 3.8) is 0 Å². The number of amides is 1. The number of piperidine rings is 1. The minimum Gasteiger partial charge on any atom is -0.321 e. The van der Waals surface area contributed by atoms with Crippen LogP contribution in [-0.2, 0) is 4.79 Å². The van der Waals surface area contributed by atoms with E-state index in [1.165, 1.54) is 0 Å². The highest BCUT2D eigenvalue weighted by Crippen LogP contribution is 2.29. The minimum absolute atomic E-state index is 0.0451. The first kappa shape index (κ1) is 9.93. The molecule has 1 amide bonds. The van der Waals surface area contributed by atoms with Gasteiger partial charge in [-0.05, 0) is 39.8 Å². The molecule has 1 spiro atoms. The number of rotatable bonds is 1. The summed E-state index contributed by atoms with van der Waals surface area (Å²) >= 11 is 0. The van der Waals surface area contributed by atoms with Crippen LogP contribution in [0, 0.1) is 0 Å². The number of hydrogen-bond acceptors (Lipinski definition) is 3. The molecule has 2 aliphatic heterocycles. The van der Waals surface area contributed by atoms with Crippen molar-refractivity contribution in [1.29, 1.82) is 0 Å². The van der Waals surface area contributed by atoms with Crippen LogP contribution in [0.3, 0.4) is 0 Å². The molecule has 2 aliphatic rings. The van der Waals surface area contributed by atoms with Crippen molar-refractivity contribution in [1.82, 2.24) is 15.5 Å². The minimum atomic E-state index is -0.0451. The lowest BCUT2D eigenvalue weighted by Crippen LogP contribution is -2.59. The molecule has 0 aromatic heterocycles. The zero-order valence-electron chi connectivity index (χ0n) is 8.97. The molecule has 2 saturated heterocycles. The average molecular weight is 197 g/mol. The van der Waals surface area contributed by atoms with E-state index in [0.717, 1.165) is 25.9 Å². The molecule has 2 N–H and O–H groups in total. The van der Waals surface area contributed by atoms with Gasteiger partial charge < -0.3 is 10.2 Å². The fourth-order valence-corrected chi connectivity index (χ4v) is 2.69. The molecule has 0 bridgehead atoms. The molecule has 4 nitrogen and oxygen atoms in total. The first-order chi connectivity index (χ1) is 6.66. The fourth-order valence-electron chi connectivity index (χ4n) is 2.69. The molecule has 0 radical (unpaired) electrons. The third-order valence-corrected chi connectivity index (χ3v) is 3.25. The van der Waals surface area contributed by atoms with Crippen molar-refractivity contribution in [3.05, 3.63) is 0 Å². The molecule has 0 atom stereocenters. The standard InChI is InChI=1S/C10H19N3O/c1-8(2)13-9(14)7-12-10(13)3-5-11-6-4-10/h8,11-12H,3-7H2,1-2H3. The molecule has 0 aliphatic carbocycles. The first-order valence-corrected chi connectivity index (χ1v) is 5.44. The number of carbonyl (C=O) groups excluding carboxylic acids is 1. The van der Waals surface area contributed by atoms with Gasteiger partial charge in [0.2, 0.25) is 5.91 Å². The highest BCUT2D eigenvalue weighted by molar-refractivity contribution is 5.81. The highest BCUT2D eigenvalue weighted by atomic mass is 16.2. The van der Waals surface area contributed by atoms with Gasteiger partial charge in [0.1, 0.15) is 0 Å². The Morgan fingerprint density at radius 3 is 2.57 bits per heavy atom. The third kappa shape index (κ3) is 1.42. The van der Waals surface area contributed by atoms with Crippen LogP contribution in [0.4, 0.5) is 0 Å². The summed E-state index contributed by atoms with van der Waals surface area (Å²) in [6.07, 6.45) is 2.05. The first-order valence-electron chi connectivity index (χ1n) is 5.44. The Bertz CT molecular complexity index is 234. The van der Waals surface area contributed by atoms with E-state index in [1.54, 1.807) is 0 Å². The Kier molecular flexibility index (Phi) is 2.49. The Labute approximate surface area is 85.0 Å². The van der Waals surface area contributed by atoms with E-state index in [4.69, 9.17) is 0 Å². The normalized spacial score (nSPS) is 26.5. The smallest absolute Gasteiger partial charge is 0.238 e. The molecule has 2 fully saturated rings. The van der Waals surface area contributed by atoms with E-state index >= 15 is 0 Å². The Hall–Kier alpha value is -0.610. The van der Waals surface area contributed by atoms with Gasteiger partial charge >= 0.3 is 0 Å². The summed E-state index contributed by atoms with van der Waals surface area (Å²) in [5.74, 6) is 0.252. The zero-order chi connectivity index (χ0) is 10.2. The van der Waals surface area contributed by atoms with Crippen LogP contribution in [0.5, 0.6) is 0 Å². The van der Waals surface area contributed by atoms with E-state index in [0.29, 0.717) is 12.6 Å². The molecule has 0 aromatic rings. The molecule has 14 heavy (non-hydrogen) atoms. The van der Waals surface area contributed by atoms with E-state index in [2.05, 4.69) is 24.5 Å². The zero-order valence-corrected chi connectivity index (χ0v) is 8.97. The van der Waals surface area contributed by atoms with Crippen LogP contribution >= 0.6 is 0 Å². The lowest BCUT2D eigenvalue weighted by molar-refractivity contribution is -0.133. The predicted octanol–water partition coefficient (Wildman–Crippen LogP) is -0.0937. The van der Waals surface area contributed by atoms with Crippen LogP contribution in [0.15, 0.2) is 0 Å². The molecule has 0 saturated carbocycles. The molecular weight excluding hydrogens is 178 g/mol. The van der Waals surface area contributed by atoms with Crippen LogP contribution in [0.1, 0.15) is 26.7 Å². The molecule has 2 heterocycles. The van der Waals surface area contributed by atoms with Gasteiger partial charge in [0.05, 0.1) is 12.2 Å². The summed E-state index contributed by atoms with van der Waals surface area (Å²) < 4.78 is 0. The summed E-state index contributed by atoms with van der Waals surface area (Å²) in [7, 11) is 0. The van der Waals surface area contributed by atoms with Crippen molar-refractivity contribution < 1.29 is 4.79 Å². The van der Waals surface area contributed by atoms with Crippen molar-refractivity contribution in [2.45, 2.75) is 38.4 Å². The molecule has 0 aromatic carbocycles. The molecular formula is C10H19N3O. The molecule has 0 unspecified atom stereocenters. The third-order valence-electron chi connectivity index (χ3n) is 3.25. The number of hydrogen-bond donors (Lipinski definition) is 2. The van der Waals surface area contributed by atoms with E-state index in [-0.39, 0.29) is 11.6 Å². The van der Waals surface area contributed by atoms with Gasteiger partial charge in [-0.2, -0.15) is 0 Å². The van der Waals surface area contributed by atoms with Crippen molar-refractivity contribution in [2.75, 3.05) is 19.6 Å². The van der Waals surface area contributed by atoms with E-state index < -0.39 is 0 Å². The van der Waals surface area contributed by atoms with Gasteiger partial charge in [0, 0.05) is 6.04 Å². The lowest BCUT2D eigenvalue weighted by atomic mass is 9.96. The van der Waals surface area contributed by atoms with Crippen LogP contribution in [0.2, 0.25) is 0 Å². The summed E-state index contributed by atoms with van der Waals surface area (Å²) in [6, 6.07) is 0.301. The van der Waals surface area contributed by atoms with Gasteiger partial charge in [-0.1, -0.05) is 0 Å². The summed E-state index contributed by atoms with van der Waals surface area (Å²) in [6.45, 7) is 6.70. The van der Waals surface area contributed by atoms with Gasteiger partial charge in [-0.3, -0.25) is 10.1 Å². The number of nitrogens with zero attached hydrogens (tertiary/aromatic N) is 1. The van der Waals surface area contributed by atoms with Gasteiger partial charge in [0.15, 0.2) is 0 Å². The van der Waals surface area contributed by atoms with Gasteiger partial charge in [0.25, 0.3) is 0 Å². The van der Waals surface area contributed by atoms with Crippen LogP contribution in [-0.4, -0.2) is 42.1 Å². The highest BCUT2D eigenvalue weighted by Gasteiger charge is 2.46. The maximum atomic E-state index is 11.7. The maximum absolute atomic E-state index is 11.7. The average Bonchev–Trinajstić information content (AvgIpc) is 2.45. The molecule has 80 valence electrons. The van der Waals surface area contributed by atoms with Gasteiger partial charge in [-0.25, -0.2) is 0 Å². The van der Waals surface area contributed by atoms with Gasteiger partial charge in [-0.15, -0.1) is 0 Å². The Morgan fingerprint density at radius 1 is 1.36 bits per heavy atom. The SMILES string of the molecule is CC(C)N1C(=O)CNC12CCNCC2. The molecule has 2 rings (SSSR count). The number of nitrogens with one attached hydrogen (secondary N) is 2. The fraction of sp³-hybridized carbons (Fsp3) is 0.900. The second-order valence-electron chi connectivity index (χ2n) is 4.49. The van der Waals surface area contributed by atoms with E-state index in [9.17, 15) is 4.79 Å². The predicted molar refractivity (Wildman–Crippen MR) is 54.8 cm³/mol. The number of carbonyl (C=O) groups is 1.